The van der Waals surface area contributed by atoms with Gasteiger partial charge in [0.1, 0.15) is 11.8 Å². The summed E-state index contributed by atoms with van der Waals surface area (Å²) < 4.78 is 10.4. The largest absolute Gasteiger partial charge is 0.497 e. The average molecular weight is 337 g/mol. The third kappa shape index (κ3) is 3.85. The minimum Gasteiger partial charge on any atom is -0.497 e. The maximum Gasteiger partial charge on any atom is 0.252 e. The fourth-order valence-electron chi connectivity index (χ4n) is 2.34. The van der Waals surface area contributed by atoms with Gasteiger partial charge in [-0.05, 0) is 32.0 Å². The molecule has 2 aromatic carbocycles. The van der Waals surface area contributed by atoms with Gasteiger partial charge in [-0.1, -0.05) is 41.1 Å². The van der Waals surface area contributed by atoms with Crippen molar-refractivity contribution >= 4 is 5.91 Å². The van der Waals surface area contributed by atoms with Crippen molar-refractivity contribution in [2.75, 3.05) is 7.11 Å². The van der Waals surface area contributed by atoms with E-state index in [0.717, 1.165) is 11.1 Å². The zero-order valence-electron chi connectivity index (χ0n) is 14.3. The van der Waals surface area contributed by atoms with Crippen molar-refractivity contribution in [3.05, 3.63) is 65.5 Å². The van der Waals surface area contributed by atoms with Gasteiger partial charge in [0.15, 0.2) is 0 Å². The number of carbonyl (C=O) groups is 1. The van der Waals surface area contributed by atoms with Gasteiger partial charge in [0.05, 0.1) is 7.11 Å². The monoisotopic (exact) mass is 337 g/mol. The average Bonchev–Trinajstić information content (AvgIpc) is 3.12. The third-order valence-corrected chi connectivity index (χ3v) is 3.80. The minimum absolute atomic E-state index is 0.235. The van der Waals surface area contributed by atoms with E-state index in [0.29, 0.717) is 23.0 Å². The number of nitrogens with zero attached hydrogens (tertiary/aromatic N) is 2. The van der Waals surface area contributed by atoms with Crippen LogP contribution in [0.4, 0.5) is 0 Å². The number of rotatable bonds is 5. The first kappa shape index (κ1) is 16.7. The van der Waals surface area contributed by atoms with Crippen molar-refractivity contribution in [2.24, 2.45) is 0 Å². The predicted octanol–water partition coefficient (Wildman–Crippen LogP) is 3.54. The van der Waals surface area contributed by atoms with Crippen molar-refractivity contribution in [1.29, 1.82) is 0 Å². The maximum atomic E-state index is 12.4. The number of aromatic nitrogens is 2. The van der Waals surface area contributed by atoms with Gasteiger partial charge in [-0.15, -0.1) is 0 Å². The zero-order valence-corrected chi connectivity index (χ0v) is 14.3. The number of aryl methyl sites for hydroxylation is 1. The molecule has 0 spiro atoms. The molecule has 25 heavy (non-hydrogen) atoms. The van der Waals surface area contributed by atoms with Crippen molar-refractivity contribution < 1.29 is 14.1 Å². The number of nitrogens with one attached hydrogen (secondary N) is 1. The second-order valence-electron chi connectivity index (χ2n) is 5.75. The zero-order chi connectivity index (χ0) is 17.8. The summed E-state index contributed by atoms with van der Waals surface area (Å²) in [6.07, 6.45) is 0. The Morgan fingerprint density at radius 3 is 2.68 bits per heavy atom. The van der Waals surface area contributed by atoms with Crippen LogP contribution in [0.25, 0.3) is 11.4 Å². The highest BCUT2D eigenvalue weighted by Crippen LogP contribution is 2.20. The smallest absolute Gasteiger partial charge is 0.252 e. The number of ether oxygens (including phenoxy) is 1. The molecule has 1 amide bonds. The number of amides is 1. The summed E-state index contributed by atoms with van der Waals surface area (Å²) in [5.41, 5.74) is 2.53. The Morgan fingerprint density at radius 2 is 1.96 bits per heavy atom. The lowest BCUT2D eigenvalue weighted by Gasteiger charge is -2.10. The van der Waals surface area contributed by atoms with Crippen molar-refractivity contribution in [3.63, 3.8) is 0 Å². The van der Waals surface area contributed by atoms with E-state index in [-0.39, 0.29) is 5.91 Å². The molecule has 6 nitrogen and oxygen atoms in total. The lowest BCUT2D eigenvalue weighted by atomic mass is 10.1. The van der Waals surface area contributed by atoms with E-state index in [1.54, 1.807) is 38.3 Å². The molecule has 0 aliphatic carbocycles. The molecule has 0 aliphatic heterocycles. The standard InChI is InChI=1S/C19H19N3O3/c1-12-7-9-14(10-8-12)17-21-19(25-22-17)13(2)20-18(23)15-5-4-6-16(11-15)24-3/h4-11,13H,1-3H3,(H,20,23). The van der Waals surface area contributed by atoms with Crippen LogP contribution in [0, 0.1) is 6.92 Å². The summed E-state index contributed by atoms with van der Waals surface area (Å²) in [6.45, 7) is 3.81. The molecule has 6 heteroatoms. The lowest BCUT2D eigenvalue weighted by molar-refractivity contribution is 0.0932. The SMILES string of the molecule is COc1cccc(C(=O)NC(C)c2nc(-c3ccc(C)cc3)no2)c1. The van der Waals surface area contributed by atoms with Gasteiger partial charge in [-0.3, -0.25) is 4.79 Å². The molecule has 1 N–H and O–H groups in total. The first-order valence-corrected chi connectivity index (χ1v) is 7.92. The van der Waals surface area contributed by atoms with Gasteiger partial charge in [0, 0.05) is 11.1 Å². The molecule has 1 aromatic heterocycles. The van der Waals surface area contributed by atoms with Crippen LogP contribution in [0.3, 0.4) is 0 Å². The summed E-state index contributed by atoms with van der Waals surface area (Å²) in [4.78, 5) is 16.7. The Labute approximate surface area is 145 Å². The highest BCUT2D eigenvalue weighted by Gasteiger charge is 2.18. The lowest BCUT2D eigenvalue weighted by Crippen LogP contribution is -2.26. The number of hydrogen-bond acceptors (Lipinski definition) is 5. The van der Waals surface area contributed by atoms with Gasteiger partial charge >= 0.3 is 0 Å². The number of benzene rings is 2. The molecule has 0 aliphatic rings. The fourth-order valence-corrected chi connectivity index (χ4v) is 2.34. The van der Waals surface area contributed by atoms with Gasteiger partial charge < -0.3 is 14.6 Å². The quantitative estimate of drug-likeness (QED) is 0.770. The van der Waals surface area contributed by atoms with E-state index in [4.69, 9.17) is 9.26 Å². The molecule has 0 bridgehead atoms. The van der Waals surface area contributed by atoms with Crippen LogP contribution in [0.5, 0.6) is 5.75 Å². The van der Waals surface area contributed by atoms with Crippen LogP contribution in [0.2, 0.25) is 0 Å². The highest BCUT2D eigenvalue weighted by atomic mass is 16.5. The topological polar surface area (TPSA) is 77.2 Å². The van der Waals surface area contributed by atoms with Crippen molar-refractivity contribution in [1.82, 2.24) is 15.5 Å². The Balaban J connectivity index is 1.72. The summed E-state index contributed by atoms with van der Waals surface area (Å²) in [5, 5.41) is 6.83. The van der Waals surface area contributed by atoms with E-state index in [9.17, 15) is 4.79 Å². The Hall–Kier alpha value is -3.15. The molecule has 3 aromatic rings. The minimum atomic E-state index is -0.412. The molecule has 1 heterocycles. The van der Waals surface area contributed by atoms with Gasteiger partial charge in [0.2, 0.25) is 11.7 Å². The third-order valence-electron chi connectivity index (χ3n) is 3.80. The maximum absolute atomic E-state index is 12.4. The van der Waals surface area contributed by atoms with Crippen LogP contribution in [-0.2, 0) is 0 Å². The first-order chi connectivity index (χ1) is 12.1. The summed E-state index contributed by atoms with van der Waals surface area (Å²) in [7, 11) is 1.56. The normalized spacial score (nSPS) is 11.8. The van der Waals surface area contributed by atoms with Crippen LogP contribution in [-0.4, -0.2) is 23.2 Å². The van der Waals surface area contributed by atoms with E-state index in [2.05, 4.69) is 15.5 Å². The number of hydrogen-bond donors (Lipinski definition) is 1. The van der Waals surface area contributed by atoms with E-state index >= 15 is 0 Å². The van der Waals surface area contributed by atoms with E-state index in [1.807, 2.05) is 31.2 Å². The molecule has 0 fully saturated rings. The van der Waals surface area contributed by atoms with Gasteiger partial charge in [-0.25, -0.2) is 0 Å². The molecule has 0 saturated carbocycles. The highest BCUT2D eigenvalue weighted by molar-refractivity contribution is 5.94. The molecule has 1 unspecified atom stereocenters. The summed E-state index contributed by atoms with van der Waals surface area (Å²) in [6, 6.07) is 14.4. The number of carbonyl (C=O) groups excluding carboxylic acids is 1. The Bertz CT molecular complexity index is 872. The van der Waals surface area contributed by atoms with E-state index < -0.39 is 6.04 Å². The molecule has 128 valence electrons. The van der Waals surface area contributed by atoms with E-state index in [1.165, 1.54) is 0 Å². The molecule has 0 radical (unpaired) electrons. The summed E-state index contributed by atoms with van der Waals surface area (Å²) in [5.74, 6) is 1.24. The Morgan fingerprint density at radius 1 is 1.20 bits per heavy atom. The molecule has 0 saturated heterocycles. The van der Waals surface area contributed by atoms with Crippen molar-refractivity contribution in [3.8, 4) is 17.1 Å². The molecule has 3 rings (SSSR count). The second-order valence-corrected chi connectivity index (χ2v) is 5.75. The number of methoxy groups -OCH3 is 1. The van der Waals surface area contributed by atoms with Gasteiger partial charge in [-0.2, -0.15) is 4.98 Å². The van der Waals surface area contributed by atoms with Gasteiger partial charge in [0.25, 0.3) is 5.91 Å². The van der Waals surface area contributed by atoms with Crippen molar-refractivity contribution in [2.45, 2.75) is 19.9 Å². The fraction of sp³-hybridized carbons (Fsp3) is 0.211. The molecular weight excluding hydrogens is 318 g/mol. The summed E-state index contributed by atoms with van der Waals surface area (Å²) >= 11 is 0. The van der Waals surface area contributed by atoms with Crippen LogP contribution >= 0.6 is 0 Å². The first-order valence-electron chi connectivity index (χ1n) is 7.92. The predicted molar refractivity (Wildman–Crippen MR) is 93.3 cm³/mol. The Kier molecular flexibility index (Phi) is 4.79. The van der Waals surface area contributed by atoms with Crippen LogP contribution in [0.15, 0.2) is 53.1 Å². The van der Waals surface area contributed by atoms with Crippen LogP contribution < -0.4 is 10.1 Å². The molecule has 1 atom stereocenters. The molecular formula is C19H19N3O3. The second kappa shape index (κ2) is 7.17. The van der Waals surface area contributed by atoms with Crippen LogP contribution in [0.1, 0.15) is 34.8 Å².